The average Bonchev–Trinajstić information content (AvgIpc) is 3.32. The molecule has 1 N–H and O–H groups in total. The smallest absolute Gasteiger partial charge is 0.405 e. The number of aromatic nitrogens is 6. The van der Waals surface area contributed by atoms with Gasteiger partial charge in [-0.15, -0.1) is 13.2 Å². The molecule has 15 heteroatoms. The first-order chi connectivity index (χ1) is 20.2. The minimum Gasteiger partial charge on any atom is -0.405 e. The van der Waals surface area contributed by atoms with E-state index in [2.05, 4.69) is 14.9 Å². The van der Waals surface area contributed by atoms with Gasteiger partial charge in [-0.3, -0.25) is 5.10 Å². The first-order valence-electron chi connectivity index (χ1n) is 13.3. The molecule has 0 radical (unpaired) electrons. The van der Waals surface area contributed by atoms with Crippen LogP contribution in [0, 0.1) is 0 Å². The lowest BCUT2D eigenvalue weighted by Gasteiger charge is -2.17. The monoisotopic (exact) mass is 622 g/mol. The van der Waals surface area contributed by atoms with Gasteiger partial charge in [0.05, 0.1) is 16.8 Å². The molecule has 0 bridgehead atoms. The summed E-state index contributed by atoms with van der Waals surface area (Å²) in [5.41, 5.74) is 1.44. The van der Waals surface area contributed by atoms with Gasteiger partial charge in [0.25, 0.3) is 0 Å². The third-order valence-electron chi connectivity index (χ3n) is 7.59. The summed E-state index contributed by atoms with van der Waals surface area (Å²) in [6.07, 6.45) is -6.08. The summed E-state index contributed by atoms with van der Waals surface area (Å²) in [4.78, 5) is 4.82. The van der Waals surface area contributed by atoms with E-state index in [1.54, 1.807) is 42.9 Å². The second kappa shape index (κ2) is 10.0. The Hall–Kier alpha value is -4.06. The molecule has 1 atom stereocenters. The lowest BCUT2D eigenvalue weighted by Crippen LogP contribution is -2.19. The average molecular weight is 623 g/mol. The molecule has 1 saturated carbocycles. The molecule has 1 unspecified atom stereocenters. The number of H-pyrrole nitrogens is 1. The van der Waals surface area contributed by atoms with E-state index in [9.17, 15) is 30.9 Å². The number of fused-ring (bicyclic) bond motifs is 1. The minimum absolute atomic E-state index is 0.0621. The van der Waals surface area contributed by atoms with Crippen molar-refractivity contribution in [2.75, 3.05) is 12.8 Å². The molecule has 3 aromatic heterocycles. The molecule has 1 fully saturated rings. The lowest BCUT2D eigenvalue weighted by molar-refractivity contribution is -0.274. The van der Waals surface area contributed by atoms with Gasteiger partial charge in [0.15, 0.2) is 5.82 Å². The number of nitrogens with one attached hydrogen (secondary N) is 1. The topological polar surface area (TPSA) is 90.6 Å². The predicted octanol–water partition coefficient (Wildman–Crippen LogP) is 7.25. The molecule has 0 spiro atoms. The molecular weight excluding hydrogens is 597 g/mol. The predicted molar refractivity (Wildman–Crippen MR) is 148 cm³/mol. The number of aromatic amines is 1. The summed E-state index contributed by atoms with van der Waals surface area (Å²) in [5, 5.41) is 10.9. The molecule has 0 aliphatic heterocycles. The Balaban J connectivity index is 1.51. The highest BCUT2D eigenvalue weighted by Crippen LogP contribution is 2.48. The molecule has 8 nitrogen and oxygen atoms in total. The number of alkyl halides is 6. The van der Waals surface area contributed by atoms with Crippen LogP contribution in [0.2, 0.25) is 0 Å². The molecule has 0 saturated heterocycles. The van der Waals surface area contributed by atoms with Crippen molar-refractivity contribution in [1.29, 1.82) is 0 Å². The van der Waals surface area contributed by atoms with Crippen LogP contribution in [0.15, 0.2) is 48.7 Å². The third-order valence-corrected chi connectivity index (χ3v) is 10.2. The molecule has 226 valence electrons. The zero-order chi connectivity index (χ0) is 30.9. The van der Waals surface area contributed by atoms with Crippen molar-refractivity contribution in [3.63, 3.8) is 0 Å². The third kappa shape index (κ3) is 5.44. The Labute approximate surface area is 241 Å². The van der Waals surface area contributed by atoms with Crippen LogP contribution < -0.4 is 10.0 Å². The Bertz CT molecular complexity index is 1900. The summed E-state index contributed by atoms with van der Waals surface area (Å²) < 4.78 is 100. The van der Waals surface area contributed by atoms with Gasteiger partial charge in [-0.05, 0) is 37.7 Å². The maximum atomic E-state index is 13.5. The first-order valence-corrected chi connectivity index (χ1v) is 15.7. The molecule has 3 heterocycles. The Morgan fingerprint density at radius 3 is 2.44 bits per heavy atom. The first kappa shape index (κ1) is 29.0. The largest absolute Gasteiger partial charge is 0.573 e. The molecule has 6 rings (SSSR count). The van der Waals surface area contributed by atoms with Crippen molar-refractivity contribution in [2.45, 2.75) is 38.2 Å². The van der Waals surface area contributed by atoms with Gasteiger partial charge >= 0.3 is 12.5 Å². The second-order valence-electron chi connectivity index (χ2n) is 10.6. The molecular formula is C28H25F6N6O2P. The maximum Gasteiger partial charge on any atom is 0.573 e. The van der Waals surface area contributed by atoms with Crippen molar-refractivity contribution in [1.82, 2.24) is 29.5 Å². The number of imidazole rings is 1. The lowest BCUT2D eigenvalue weighted by atomic mass is 10.0. The second-order valence-corrected chi connectivity index (χ2v) is 13.9. The molecule has 43 heavy (non-hydrogen) atoms. The van der Waals surface area contributed by atoms with E-state index in [0.29, 0.717) is 22.2 Å². The normalized spacial score (nSPS) is 15.7. The van der Waals surface area contributed by atoms with Crippen LogP contribution in [0.1, 0.15) is 37.1 Å². The van der Waals surface area contributed by atoms with Gasteiger partial charge in [-0.1, -0.05) is 25.1 Å². The van der Waals surface area contributed by atoms with Crippen molar-refractivity contribution in [3.8, 4) is 34.2 Å². The van der Waals surface area contributed by atoms with Gasteiger partial charge in [-0.25, -0.2) is 9.67 Å². The molecule has 2 aromatic carbocycles. The minimum atomic E-state index is -5.00. The van der Waals surface area contributed by atoms with Gasteiger partial charge in [0.1, 0.15) is 24.4 Å². The van der Waals surface area contributed by atoms with Gasteiger partial charge < -0.3 is 13.9 Å². The number of rotatable bonds is 7. The van der Waals surface area contributed by atoms with Crippen LogP contribution in [-0.2, 0) is 17.8 Å². The number of nitrogens with zero attached hydrogens (tertiary/aromatic N) is 5. The number of hydrogen-bond acceptors (Lipinski definition) is 5. The fourth-order valence-electron chi connectivity index (χ4n) is 5.10. The highest BCUT2D eigenvalue weighted by atomic mass is 31.2. The standard InChI is InChI=1S/C28H25F6N6O2P/c1-4-43(3,41)16-10-11-18(21(12-16)42-28(32,33)34)26-35-24(25(39(26)2)15-8-9-15)17-6-5-7-20-19(17)14-40(38-20)23-13-22(36-37-23)27(29,30)31/h5-7,10-15H,4,8-9H2,1-3H3,(H,36,37). The van der Waals surface area contributed by atoms with Crippen molar-refractivity contribution >= 4 is 23.3 Å². The fraction of sp³-hybridized carbons (Fsp3) is 0.321. The van der Waals surface area contributed by atoms with Crippen molar-refractivity contribution < 1.29 is 35.6 Å². The molecule has 5 aromatic rings. The summed E-state index contributed by atoms with van der Waals surface area (Å²) >= 11 is 0. The maximum absolute atomic E-state index is 13.5. The van der Waals surface area contributed by atoms with Crippen LogP contribution in [0.25, 0.3) is 39.4 Å². The van der Waals surface area contributed by atoms with Gasteiger partial charge in [0.2, 0.25) is 0 Å². The summed E-state index contributed by atoms with van der Waals surface area (Å²) in [6, 6.07) is 10.2. The number of halogens is 6. The number of hydrogen-bond donors (Lipinski definition) is 1. The van der Waals surface area contributed by atoms with Crippen molar-refractivity contribution in [3.05, 3.63) is 60.0 Å². The number of benzene rings is 2. The summed E-state index contributed by atoms with van der Waals surface area (Å²) in [7, 11) is -1.20. The zero-order valence-electron chi connectivity index (χ0n) is 23.1. The highest BCUT2D eigenvalue weighted by Gasteiger charge is 2.37. The van der Waals surface area contributed by atoms with Crippen LogP contribution in [0.3, 0.4) is 0 Å². The SMILES string of the molecule is CCP(C)(=O)c1ccc(-c2nc(-c3cccc4nn(-c5cc(C(F)(F)F)[nH]n5)cc34)c(C3CC3)n2C)c(OC(F)(F)F)c1. The van der Waals surface area contributed by atoms with Crippen LogP contribution in [0.5, 0.6) is 5.75 Å². The van der Waals surface area contributed by atoms with Crippen LogP contribution in [-0.4, -0.2) is 48.7 Å². The van der Waals surface area contributed by atoms with Gasteiger partial charge in [-0.2, -0.15) is 23.4 Å². The summed E-state index contributed by atoms with van der Waals surface area (Å²) in [6.45, 7) is 3.22. The van der Waals surface area contributed by atoms with Crippen molar-refractivity contribution in [2.24, 2.45) is 7.05 Å². The van der Waals surface area contributed by atoms with E-state index in [1.165, 1.54) is 29.5 Å². The van der Waals surface area contributed by atoms with Crippen LogP contribution in [0.4, 0.5) is 26.3 Å². The van der Waals surface area contributed by atoms with E-state index in [4.69, 9.17) is 4.98 Å². The Morgan fingerprint density at radius 2 is 1.81 bits per heavy atom. The molecule has 1 aliphatic carbocycles. The highest BCUT2D eigenvalue weighted by molar-refractivity contribution is 7.70. The van der Waals surface area contributed by atoms with E-state index in [0.717, 1.165) is 24.6 Å². The van der Waals surface area contributed by atoms with E-state index < -0.39 is 31.1 Å². The van der Waals surface area contributed by atoms with E-state index in [1.807, 2.05) is 5.10 Å². The quantitative estimate of drug-likeness (QED) is 0.153. The Morgan fingerprint density at radius 1 is 1.07 bits per heavy atom. The summed E-state index contributed by atoms with van der Waals surface area (Å²) in [5.74, 6) is -0.244. The van der Waals surface area contributed by atoms with E-state index >= 15 is 0 Å². The van der Waals surface area contributed by atoms with E-state index in [-0.39, 0.29) is 34.6 Å². The van der Waals surface area contributed by atoms with Gasteiger partial charge in [0, 0.05) is 53.3 Å². The molecule has 1 aliphatic rings. The zero-order valence-corrected chi connectivity index (χ0v) is 24.0. The Kier molecular flexibility index (Phi) is 6.75. The fourth-order valence-corrected chi connectivity index (χ4v) is 6.24. The number of ether oxygens (including phenoxy) is 1. The van der Waals surface area contributed by atoms with Crippen LogP contribution >= 0.6 is 7.14 Å². The molecule has 0 amide bonds.